The lowest BCUT2D eigenvalue weighted by Gasteiger charge is -2.26. The molecule has 0 aliphatic rings. The van der Waals surface area contributed by atoms with Crippen LogP contribution in [0.25, 0.3) is 0 Å². The minimum Gasteiger partial charge on any atom is -0.508 e. The van der Waals surface area contributed by atoms with Crippen molar-refractivity contribution in [1.29, 1.82) is 0 Å². The van der Waals surface area contributed by atoms with Crippen molar-refractivity contribution in [2.45, 2.75) is 51.4 Å². The van der Waals surface area contributed by atoms with Gasteiger partial charge < -0.3 is 31.9 Å². The number of nitrogens with one attached hydrogen (secondary N) is 3. The Morgan fingerprint density at radius 1 is 0.935 bits per heavy atom. The average molecular weight is 455 g/mol. The van der Waals surface area contributed by atoms with Gasteiger partial charge in [0.25, 0.3) is 0 Å². The predicted molar refractivity (Wildman–Crippen MR) is 118 cm³/mol. The Bertz CT molecular complexity index is 784. The van der Waals surface area contributed by atoms with E-state index in [0.29, 0.717) is 5.56 Å². The summed E-state index contributed by atoms with van der Waals surface area (Å²) >= 11 is 4.06. The maximum absolute atomic E-state index is 12.8. The Balaban J connectivity index is 2.88. The molecule has 0 aliphatic carbocycles. The van der Waals surface area contributed by atoms with Gasteiger partial charge in [-0.15, -0.1) is 0 Å². The van der Waals surface area contributed by atoms with Gasteiger partial charge in [0.1, 0.15) is 23.9 Å². The second-order valence-electron chi connectivity index (χ2n) is 7.53. The highest BCUT2D eigenvalue weighted by atomic mass is 32.1. The number of aromatic hydroxyl groups is 1. The van der Waals surface area contributed by atoms with E-state index in [2.05, 4.69) is 28.6 Å². The standard InChI is InChI=1S/C20H30N4O6S/c1-10(2)16(24-18(27)15(9-31)23-17(26)11(3)21)19(28)22-14(20(29)30)8-12-4-6-13(25)7-5-12/h4-7,10-11,14-16,25,31H,8-9,21H2,1-3H3,(H,22,28)(H,23,26)(H,24,27)(H,29,30). The number of carboxylic acids is 1. The summed E-state index contributed by atoms with van der Waals surface area (Å²) in [5.74, 6) is -3.44. The number of rotatable bonds is 11. The fourth-order valence-corrected chi connectivity index (χ4v) is 2.87. The fraction of sp³-hybridized carbons (Fsp3) is 0.500. The average Bonchev–Trinajstić information content (AvgIpc) is 2.70. The zero-order valence-corrected chi connectivity index (χ0v) is 18.6. The summed E-state index contributed by atoms with van der Waals surface area (Å²) < 4.78 is 0. The predicted octanol–water partition coefficient (Wildman–Crippen LogP) is -0.593. The van der Waals surface area contributed by atoms with Crippen LogP contribution in [0.2, 0.25) is 0 Å². The number of hydrogen-bond donors (Lipinski definition) is 7. The minimum atomic E-state index is -1.24. The molecule has 0 heterocycles. The third kappa shape index (κ3) is 8.46. The highest BCUT2D eigenvalue weighted by molar-refractivity contribution is 7.80. The van der Waals surface area contributed by atoms with Crippen molar-refractivity contribution in [3.8, 4) is 5.75 Å². The molecular weight excluding hydrogens is 424 g/mol. The van der Waals surface area contributed by atoms with Crippen molar-refractivity contribution < 1.29 is 29.4 Å². The van der Waals surface area contributed by atoms with E-state index < -0.39 is 47.9 Å². The Labute approximate surface area is 186 Å². The van der Waals surface area contributed by atoms with Crippen LogP contribution < -0.4 is 21.7 Å². The number of thiol groups is 1. The first-order chi connectivity index (χ1) is 14.5. The van der Waals surface area contributed by atoms with Crippen LogP contribution in [0.1, 0.15) is 26.3 Å². The number of carboxylic acid groups (broad SMARTS) is 1. The lowest BCUT2D eigenvalue weighted by Crippen LogP contribution is -2.58. The summed E-state index contributed by atoms with van der Waals surface area (Å²) in [5, 5.41) is 26.3. The summed E-state index contributed by atoms with van der Waals surface area (Å²) in [6.07, 6.45) is -0.0101. The molecule has 0 fully saturated rings. The molecule has 0 radical (unpaired) electrons. The maximum atomic E-state index is 12.8. The van der Waals surface area contributed by atoms with Gasteiger partial charge in [0.2, 0.25) is 17.7 Å². The number of carbonyl (C=O) groups is 4. The summed E-state index contributed by atoms with van der Waals surface area (Å²) in [6, 6.07) is 1.83. The first-order valence-corrected chi connectivity index (χ1v) is 10.4. The monoisotopic (exact) mass is 454 g/mol. The number of phenols is 1. The molecule has 0 aromatic heterocycles. The van der Waals surface area contributed by atoms with Gasteiger partial charge in [-0.2, -0.15) is 12.6 Å². The molecule has 0 saturated heterocycles. The van der Waals surface area contributed by atoms with Crippen LogP contribution in [0.15, 0.2) is 24.3 Å². The highest BCUT2D eigenvalue weighted by Crippen LogP contribution is 2.12. The van der Waals surface area contributed by atoms with E-state index in [1.807, 2.05) is 0 Å². The van der Waals surface area contributed by atoms with Gasteiger partial charge in [0.05, 0.1) is 6.04 Å². The molecule has 172 valence electrons. The number of nitrogens with two attached hydrogens (primary N) is 1. The van der Waals surface area contributed by atoms with Crippen LogP contribution in [-0.2, 0) is 25.6 Å². The van der Waals surface area contributed by atoms with E-state index >= 15 is 0 Å². The SMILES string of the molecule is CC(N)C(=O)NC(CS)C(=O)NC(C(=O)NC(Cc1ccc(O)cc1)C(=O)O)C(C)C. The molecule has 31 heavy (non-hydrogen) atoms. The van der Waals surface area contributed by atoms with E-state index in [9.17, 15) is 29.4 Å². The van der Waals surface area contributed by atoms with Crippen LogP contribution in [0.5, 0.6) is 5.75 Å². The number of aliphatic carboxylic acids is 1. The molecule has 0 bridgehead atoms. The number of phenolic OH excluding ortho intramolecular Hbond substituents is 1. The van der Waals surface area contributed by atoms with Gasteiger partial charge in [-0.05, 0) is 30.5 Å². The summed E-state index contributed by atoms with van der Waals surface area (Å²) in [5.41, 5.74) is 6.09. The van der Waals surface area contributed by atoms with E-state index in [4.69, 9.17) is 5.73 Å². The normalized spacial score (nSPS) is 14.8. The first-order valence-electron chi connectivity index (χ1n) is 9.74. The lowest BCUT2D eigenvalue weighted by atomic mass is 10.0. The van der Waals surface area contributed by atoms with E-state index in [1.165, 1.54) is 19.1 Å². The van der Waals surface area contributed by atoms with Gasteiger partial charge in [-0.3, -0.25) is 14.4 Å². The van der Waals surface area contributed by atoms with Gasteiger partial charge >= 0.3 is 5.97 Å². The number of benzene rings is 1. The highest BCUT2D eigenvalue weighted by Gasteiger charge is 2.31. The van der Waals surface area contributed by atoms with Crippen molar-refractivity contribution >= 4 is 36.3 Å². The van der Waals surface area contributed by atoms with Crippen molar-refractivity contribution in [2.24, 2.45) is 11.7 Å². The Hall–Kier alpha value is -2.79. The summed E-state index contributed by atoms with van der Waals surface area (Å²) in [6.45, 7) is 4.85. The molecule has 0 saturated carbocycles. The second-order valence-corrected chi connectivity index (χ2v) is 7.90. The van der Waals surface area contributed by atoms with Crippen LogP contribution in [0.4, 0.5) is 0 Å². The van der Waals surface area contributed by atoms with Crippen molar-refractivity contribution in [3.05, 3.63) is 29.8 Å². The third-order valence-electron chi connectivity index (χ3n) is 4.47. The summed E-state index contributed by atoms with van der Waals surface area (Å²) in [4.78, 5) is 48.7. The fourth-order valence-electron chi connectivity index (χ4n) is 2.62. The number of hydrogen-bond acceptors (Lipinski definition) is 7. The van der Waals surface area contributed by atoms with Crippen LogP contribution >= 0.6 is 12.6 Å². The van der Waals surface area contributed by atoms with E-state index in [1.54, 1.807) is 26.0 Å². The topological polar surface area (TPSA) is 171 Å². The van der Waals surface area contributed by atoms with Gasteiger partial charge in [-0.25, -0.2) is 4.79 Å². The van der Waals surface area contributed by atoms with Crippen LogP contribution in [-0.4, -0.2) is 63.8 Å². The molecule has 0 aliphatic heterocycles. The smallest absolute Gasteiger partial charge is 0.326 e. The molecular formula is C20H30N4O6S. The zero-order chi connectivity index (χ0) is 23.7. The molecule has 1 rings (SSSR count). The maximum Gasteiger partial charge on any atom is 0.326 e. The zero-order valence-electron chi connectivity index (χ0n) is 17.7. The summed E-state index contributed by atoms with van der Waals surface area (Å²) in [7, 11) is 0. The van der Waals surface area contributed by atoms with Gasteiger partial charge in [0, 0.05) is 12.2 Å². The number of carbonyl (C=O) groups excluding carboxylic acids is 3. The molecule has 4 unspecified atom stereocenters. The van der Waals surface area contributed by atoms with Crippen LogP contribution in [0.3, 0.4) is 0 Å². The Morgan fingerprint density at radius 3 is 1.94 bits per heavy atom. The van der Waals surface area contributed by atoms with E-state index in [-0.39, 0.29) is 23.8 Å². The van der Waals surface area contributed by atoms with Crippen molar-refractivity contribution in [1.82, 2.24) is 16.0 Å². The Kier molecular flexibility index (Phi) is 10.3. The van der Waals surface area contributed by atoms with Crippen molar-refractivity contribution in [3.63, 3.8) is 0 Å². The van der Waals surface area contributed by atoms with Crippen LogP contribution in [0, 0.1) is 5.92 Å². The third-order valence-corrected chi connectivity index (χ3v) is 4.83. The van der Waals surface area contributed by atoms with Gasteiger partial charge in [0.15, 0.2) is 0 Å². The van der Waals surface area contributed by atoms with E-state index in [0.717, 1.165) is 0 Å². The molecule has 0 spiro atoms. The molecule has 4 atom stereocenters. The largest absolute Gasteiger partial charge is 0.508 e. The quantitative estimate of drug-likeness (QED) is 0.219. The molecule has 1 aromatic rings. The number of amides is 3. The minimum absolute atomic E-state index is 0.0101. The molecule has 10 nitrogen and oxygen atoms in total. The molecule has 11 heteroatoms. The molecule has 7 N–H and O–H groups in total. The second kappa shape index (κ2) is 12.2. The Morgan fingerprint density at radius 2 is 1.48 bits per heavy atom. The molecule has 1 aromatic carbocycles. The molecule has 3 amide bonds. The first kappa shape index (κ1) is 26.2. The van der Waals surface area contributed by atoms with Gasteiger partial charge in [-0.1, -0.05) is 26.0 Å². The lowest BCUT2D eigenvalue weighted by molar-refractivity contribution is -0.142. The van der Waals surface area contributed by atoms with Crippen molar-refractivity contribution in [2.75, 3.05) is 5.75 Å².